The van der Waals surface area contributed by atoms with Crippen LogP contribution in [0.4, 0.5) is 0 Å². The van der Waals surface area contributed by atoms with Crippen LogP contribution in [0.2, 0.25) is 0 Å². The first kappa shape index (κ1) is 25.5. The molecular weight excluding hydrogens is 504 g/mol. The number of fused-ring (bicyclic) bond motifs is 1. The summed E-state index contributed by atoms with van der Waals surface area (Å²) in [6, 6.07) is 14.2. The van der Waals surface area contributed by atoms with Crippen molar-refractivity contribution in [3.63, 3.8) is 0 Å². The van der Waals surface area contributed by atoms with Crippen LogP contribution < -0.4 is 10.1 Å². The van der Waals surface area contributed by atoms with E-state index in [4.69, 9.17) is 4.74 Å². The number of amides is 2. The summed E-state index contributed by atoms with van der Waals surface area (Å²) in [5, 5.41) is 2.32. The van der Waals surface area contributed by atoms with E-state index in [1.807, 2.05) is 12.1 Å². The van der Waals surface area contributed by atoms with E-state index in [1.165, 1.54) is 5.56 Å². The first-order valence-corrected chi connectivity index (χ1v) is 15.0. The Bertz CT molecular complexity index is 1320. The third-order valence-corrected chi connectivity index (χ3v) is 10.5. The van der Waals surface area contributed by atoms with E-state index in [2.05, 4.69) is 45.4 Å². The molecule has 0 aromatic heterocycles. The van der Waals surface area contributed by atoms with Gasteiger partial charge in [0.2, 0.25) is 21.8 Å². The molecule has 202 valence electrons. The van der Waals surface area contributed by atoms with Crippen molar-refractivity contribution in [2.45, 2.75) is 63.2 Å². The molecule has 2 saturated heterocycles. The summed E-state index contributed by atoms with van der Waals surface area (Å²) >= 11 is 0. The predicted molar refractivity (Wildman–Crippen MR) is 141 cm³/mol. The van der Waals surface area contributed by atoms with Crippen LogP contribution in [-0.4, -0.2) is 71.8 Å². The van der Waals surface area contributed by atoms with Crippen molar-refractivity contribution in [2.75, 3.05) is 26.2 Å². The number of hydrogen-bond acceptors (Lipinski definition) is 7. The first-order chi connectivity index (χ1) is 18.4. The van der Waals surface area contributed by atoms with Gasteiger partial charge in [0.25, 0.3) is 0 Å². The van der Waals surface area contributed by atoms with Gasteiger partial charge in [0.15, 0.2) is 0 Å². The Balaban J connectivity index is 1.01. The molecule has 6 rings (SSSR count). The van der Waals surface area contributed by atoms with Gasteiger partial charge < -0.3 is 4.74 Å². The Morgan fingerprint density at radius 3 is 2.34 bits per heavy atom. The summed E-state index contributed by atoms with van der Waals surface area (Å²) in [6.07, 6.45) is 2.55. The highest BCUT2D eigenvalue weighted by Crippen LogP contribution is 2.34. The van der Waals surface area contributed by atoms with Gasteiger partial charge in [-0.2, -0.15) is 4.31 Å². The number of hydrogen-bond donors (Lipinski definition) is 1. The number of sulfonamides is 1. The third kappa shape index (κ3) is 5.36. The lowest BCUT2D eigenvalue weighted by molar-refractivity contribution is -0.137. The van der Waals surface area contributed by atoms with Crippen LogP contribution in [0.3, 0.4) is 0 Å². The van der Waals surface area contributed by atoms with E-state index >= 15 is 0 Å². The minimum atomic E-state index is -3.08. The van der Waals surface area contributed by atoms with Gasteiger partial charge in [-0.3, -0.25) is 24.7 Å². The molecule has 2 aromatic carbocycles. The van der Waals surface area contributed by atoms with Gasteiger partial charge in [-0.25, -0.2) is 8.42 Å². The van der Waals surface area contributed by atoms with Crippen molar-refractivity contribution >= 4 is 21.8 Å². The topological polar surface area (TPSA) is 99.3 Å². The fraction of sp³-hybridized carbons (Fsp3) is 0.500. The van der Waals surface area contributed by atoms with Crippen LogP contribution in [0, 0.1) is 0 Å². The normalized spacial score (nSPS) is 23.3. The first-order valence-electron chi connectivity index (χ1n) is 13.5. The third-order valence-electron chi connectivity index (χ3n) is 8.08. The average Bonchev–Trinajstić information content (AvgIpc) is 3.69. The Hall–Kier alpha value is -2.79. The van der Waals surface area contributed by atoms with Crippen LogP contribution in [0.1, 0.15) is 47.9 Å². The smallest absolute Gasteiger partial charge is 0.243 e. The summed E-state index contributed by atoms with van der Waals surface area (Å²) in [6.45, 7) is 5.23. The fourth-order valence-electron chi connectivity index (χ4n) is 5.68. The molecule has 1 unspecified atom stereocenters. The molecule has 10 heteroatoms. The van der Waals surface area contributed by atoms with Crippen LogP contribution in [0.5, 0.6) is 5.75 Å². The number of imide groups is 1. The number of nitrogens with one attached hydrogen (secondary N) is 1. The van der Waals surface area contributed by atoms with Crippen molar-refractivity contribution in [1.29, 1.82) is 0 Å². The monoisotopic (exact) mass is 538 g/mol. The Morgan fingerprint density at radius 2 is 1.63 bits per heavy atom. The minimum absolute atomic E-state index is 0.134. The van der Waals surface area contributed by atoms with Gasteiger partial charge in [0.05, 0.1) is 11.3 Å². The standard InChI is InChI=1S/C28H34N4O5S/c33-27-11-10-25(28(34)29-27)31-17-22-2-1-3-26(24(22)18-31)37-19-21-6-4-20(5-7-21)16-30-12-14-32(15-13-30)38(35,36)23-8-9-23/h1-7,23,25H,8-19H2,(H,29,33,34). The second kappa shape index (κ2) is 10.4. The molecule has 1 aliphatic carbocycles. The van der Waals surface area contributed by atoms with Gasteiger partial charge in [0.1, 0.15) is 12.4 Å². The maximum Gasteiger partial charge on any atom is 0.243 e. The fourth-order valence-corrected chi connectivity index (χ4v) is 7.51. The van der Waals surface area contributed by atoms with E-state index in [0.29, 0.717) is 45.6 Å². The van der Waals surface area contributed by atoms with Crippen LogP contribution in [0.25, 0.3) is 0 Å². The van der Waals surface area contributed by atoms with Crippen molar-refractivity contribution in [3.8, 4) is 5.75 Å². The van der Waals surface area contributed by atoms with E-state index in [0.717, 1.165) is 54.9 Å². The molecule has 1 atom stereocenters. The Labute approximate surface area is 223 Å². The molecule has 1 saturated carbocycles. The SMILES string of the molecule is O=C1CCC(N2Cc3cccc(OCc4ccc(CN5CCN(S(=O)(=O)C6CC6)CC5)cc4)c3C2)C(=O)N1. The highest BCUT2D eigenvalue weighted by atomic mass is 32.2. The van der Waals surface area contributed by atoms with E-state index in [-0.39, 0.29) is 23.1 Å². The number of ether oxygens (including phenoxy) is 1. The summed E-state index contributed by atoms with van der Waals surface area (Å²) in [4.78, 5) is 28.3. The molecule has 0 radical (unpaired) electrons. The lowest BCUT2D eigenvalue weighted by atomic mass is 10.0. The number of carbonyl (C=O) groups excluding carboxylic acids is 2. The van der Waals surface area contributed by atoms with Crippen LogP contribution >= 0.6 is 0 Å². The molecule has 0 spiro atoms. The van der Waals surface area contributed by atoms with Crippen molar-refractivity contribution < 1.29 is 22.7 Å². The molecule has 38 heavy (non-hydrogen) atoms. The average molecular weight is 539 g/mol. The molecule has 3 aliphatic heterocycles. The molecule has 4 aliphatic rings. The minimum Gasteiger partial charge on any atom is -0.489 e. The number of nitrogens with zero attached hydrogens (tertiary/aromatic N) is 3. The number of benzene rings is 2. The lowest BCUT2D eigenvalue weighted by Gasteiger charge is -2.34. The second-order valence-electron chi connectivity index (χ2n) is 10.8. The number of rotatable bonds is 8. The van der Waals surface area contributed by atoms with Crippen molar-refractivity contribution in [3.05, 3.63) is 64.7 Å². The van der Waals surface area contributed by atoms with Gasteiger partial charge in [-0.15, -0.1) is 0 Å². The summed E-state index contributed by atoms with van der Waals surface area (Å²) in [5.41, 5.74) is 4.55. The molecule has 2 aromatic rings. The van der Waals surface area contributed by atoms with Crippen molar-refractivity contribution in [1.82, 2.24) is 19.4 Å². The number of piperazine rings is 1. The van der Waals surface area contributed by atoms with Gasteiger partial charge in [-0.05, 0) is 42.0 Å². The summed E-state index contributed by atoms with van der Waals surface area (Å²) in [7, 11) is -3.08. The zero-order chi connectivity index (χ0) is 26.3. The molecule has 3 fully saturated rings. The van der Waals surface area contributed by atoms with Gasteiger partial charge >= 0.3 is 0 Å². The van der Waals surface area contributed by atoms with Crippen LogP contribution in [-0.2, 0) is 45.9 Å². The molecule has 2 amide bonds. The Kier molecular flexibility index (Phi) is 6.98. The second-order valence-corrected chi connectivity index (χ2v) is 13.0. The highest BCUT2D eigenvalue weighted by molar-refractivity contribution is 7.90. The maximum absolute atomic E-state index is 12.5. The van der Waals surface area contributed by atoms with Gasteiger partial charge in [-0.1, -0.05) is 36.4 Å². The molecule has 0 bridgehead atoms. The quantitative estimate of drug-likeness (QED) is 0.514. The lowest BCUT2D eigenvalue weighted by Crippen LogP contribution is -2.50. The van der Waals surface area contributed by atoms with E-state index < -0.39 is 10.0 Å². The zero-order valence-corrected chi connectivity index (χ0v) is 22.3. The van der Waals surface area contributed by atoms with Crippen molar-refractivity contribution in [2.24, 2.45) is 0 Å². The van der Waals surface area contributed by atoms with E-state index in [9.17, 15) is 18.0 Å². The zero-order valence-electron chi connectivity index (χ0n) is 21.5. The highest BCUT2D eigenvalue weighted by Gasteiger charge is 2.41. The number of carbonyl (C=O) groups is 2. The Morgan fingerprint density at radius 1 is 0.895 bits per heavy atom. The molecule has 1 N–H and O–H groups in total. The summed E-state index contributed by atoms with van der Waals surface area (Å²) in [5.74, 6) is 0.432. The van der Waals surface area contributed by atoms with Crippen LogP contribution in [0.15, 0.2) is 42.5 Å². The molecule has 9 nitrogen and oxygen atoms in total. The van der Waals surface area contributed by atoms with E-state index in [1.54, 1.807) is 4.31 Å². The number of piperidine rings is 1. The maximum atomic E-state index is 12.5. The summed E-state index contributed by atoms with van der Waals surface area (Å²) < 4.78 is 32.8. The predicted octanol–water partition coefficient (Wildman–Crippen LogP) is 2.00. The molecule has 3 heterocycles. The largest absolute Gasteiger partial charge is 0.489 e. The molecular formula is C28H34N4O5S. The van der Waals surface area contributed by atoms with Gasteiger partial charge in [0, 0.05) is 57.8 Å².